The first-order valence-corrected chi connectivity index (χ1v) is 9.35. The molecule has 3 aromatic rings. The highest BCUT2D eigenvalue weighted by Crippen LogP contribution is 2.25. The van der Waals surface area contributed by atoms with E-state index in [1.54, 1.807) is 10.9 Å². The first-order chi connectivity index (χ1) is 12.3. The highest BCUT2D eigenvalue weighted by molar-refractivity contribution is 7.98. The number of nitrogens with zero attached hydrogens (tertiary/aromatic N) is 5. The van der Waals surface area contributed by atoms with Crippen molar-refractivity contribution in [1.82, 2.24) is 25.2 Å². The SMILES string of the molecule is Clc1cccc(-c2nc(CSc3nnnn3CC3CCCO3)co2)c1. The standard InChI is InChI=1S/C16H16ClN5O2S/c17-12-4-1-3-11(7-12)15-18-13(9-24-15)10-25-16-19-20-21-22(16)8-14-5-2-6-23-14/h1,3-4,7,9,14H,2,5-6,8,10H2. The summed E-state index contributed by atoms with van der Waals surface area (Å²) in [6.45, 7) is 1.50. The quantitative estimate of drug-likeness (QED) is 0.608. The van der Waals surface area contributed by atoms with Crippen LogP contribution in [-0.4, -0.2) is 37.9 Å². The summed E-state index contributed by atoms with van der Waals surface area (Å²) in [7, 11) is 0. The van der Waals surface area contributed by atoms with E-state index in [0.29, 0.717) is 23.2 Å². The number of hydrogen-bond donors (Lipinski definition) is 0. The zero-order chi connectivity index (χ0) is 17.1. The lowest BCUT2D eigenvalue weighted by Gasteiger charge is -2.09. The van der Waals surface area contributed by atoms with Gasteiger partial charge in [-0.05, 0) is 41.5 Å². The average Bonchev–Trinajstić information content (AvgIpc) is 3.36. The zero-order valence-electron chi connectivity index (χ0n) is 13.3. The van der Waals surface area contributed by atoms with Gasteiger partial charge in [0.25, 0.3) is 0 Å². The minimum Gasteiger partial charge on any atom is -0.444 e. The maximum Gasteiger partial charge on any atom is 0.226 e. The molecule has 2 aromatic heterocycles. The summed E-state index contributed by atoms with van der Waals surface area (Å²) in [6.07, 6.45) is 4.00. The Bertz CT molecular complexity index is 846. The Morgan fingerprint density at radius 2 is 2.32 bits per heavy atom. The summed E-state index contributed by atoms with van der Waals surface area (Å²) < 4.78 is 13.0. The molecular formula is C16H16ClN5O2S. The molecule has 1 atom stereocenters. The number of thioether (sulfide) groups is 1. The fourth-order valence-electron chi connectivity index (χ4n) is 2.66. The van der Waals surface area contributed by atoms with Gasteiger partial charge in [0.05, 0.1) is 18.3 Å². The Balaban J connectivity index is 1.40. The molecular weight excluding hydrogens is 362 g/mol. The second-order valence-corrected chi connectivity index (χ2v) is 7.10. The normalized spacial score (nSPS) is 17.2. The molecule has 1 fully saturated rings. The van der Waals surface area contributed by atoms with Crippen LogP contribution in [0, 0.1) is 0 Å². The van der Waals surface area contributed by atoms with Gasteiger partial charge in [-0.25, -0.2) is 9.67 Å². The van der Waals surface area contributed by atoms with E-state index in [-0.39, 0.29) is 6.10 Å². The Morgan fingerprint density at radius 3 is 3.16 bits per heavy atom. The second-order valence-electron chi connectivity index (χ2n) is 5.72. The number of aromatic nitrogens is 5. The lowest BCUT2D eigenvalue weighted by Crippen LogP contribution is -2.16. The first-order valence-electron chi connectivity index (χ1n) is 7.99. The van der Waals surface area contributed by atoms with Gasteiger partial charge in [0, 0.05) is 22.9 Å². The molecule has 3 heterocycles. The molecule has 0 amide bonds. The maximum atomic E-state index is 6.01. The summed E-state index contributed by atoms with van der Waals surface area (Å²) in [5.74, 6) is 1.17. The largest absolute Gasteiger partial charge is 0.444 e. The molecule has 4 rings (SSSR count). The van der Waals surface area contributed by atoms with Crippen LogP contribution in [0.3, 0.4) is 0 Å². The molecule has 0 spiro atoms. The van der Waals surface area contributed by atoms with Gasteiger partial charge in [-0.3, -0.25) is 0 Å². The van der Waals surface area contributed by atoms with Crippen molar-refractivity contribution in [1.29, 1.82) is 0 Å². The molecule has 1 aromatic carbocycles. The average molecular weight is 378 g/mol. The lowest BCUT2D eigenvalue weighted by atomic mass is 10.2. The number of hydrogen-bond acceptors (Lipinski definition) is 7. The summed E-state index contributed by atoms with van der Waals surface area (Å²) in [6, 6.07) is 7.43. The van der Waals surface area contributed by atoms with Gasteiger partial charge in [-0.2, -0.15) is 0 Å². The third-order valence-corrected chi connectivity index (χ3v) is 5.10. The summed E-state index contributed by atoms with van der Waals surface area (Å²) >= 11 is 7.53. The van der Waals surface area contributed by atoms with E-state index in [1.165, 1.54) is 11.8 Å². The number of rotatable bonds is 6. The van der Waals surface area contributed by atoms with Crippen LogP contribution < -0.4 is 0 Å². The number of ether oxygens (including phenoxy) is 1. The molecule has 7 nitrogen and oxygen atoms in total. The minimum absolute atomic E-state index is 0.198. The minimum atomic E-state index is 0.198. The molecule has 1 saturated heterocycles. The van der Waals surface area contributed by atoms with Crippen LogP contribution in [0.1, 0.15) is 18.5 Å². The Morgan fingerprint density at radius 1 is 1.36 bits per heavy atom. The smallest absolute Gasteiger partial charge is 0.226 e. The predicted molar refractivity (Wildman–Crippen MR) is 93.3 cm³/mol. The molecule has 0 bridgehead atoms. The molecule has 1 unspecified atom stereocenters. The van der Waals surface area contributed by atoms with E-state index in [1.807, 2.05) is 24.3 Å². The van der Waals surface area contributed by atoms with Gasteiger partial charge < -0.3 is 9.15 Å². The van der Waals surface area contributed by atoms with Crippen molar-refractivity contribution >= 4 is 23.4 Å². The number of oxazole rings is 1. The summed E-state index contributed by atoms with van der Waals surface area (Å²) in [5.41, 5.74) is 1.68. The van der Waals surface area contributed by atoms with Crippen molar-refractivity contribution < 1.29 is 9.15 Å². The van der Waals surface area contributed by atoms with E-state index in [2.05, 4.69) is 20.5 Å². The molecule has 1 aliphatic heterocycles. The molecule has 0 saturated carbocycles. The van der Waals surface area contributed by atoms with Gasteiger partial charge in [0.1, 0.15) is 6.26 Å². The van der Waals surface area contributed by atoms with Crippen LogP contribution in [0.2, 0.25) is 5.02 Å². The van der Waals surface area contributed by atoms with E-state index in [0.717, 1.165) is 35.9 Å². The van der Waals surface area contributed by atoms with Crippen molar-refractivity contribution in [2.24, 2.45) is 0 Å². The lowest BCUT2D eigenvalue weighted by molar-refractivity contribution is 0.0912. The van der Waals surface area contributed by atoms with Crippen molar-refractivity contribution in [2.45, 2.75) is 36.4 Å². The van der Waals surface area contributed by atoms with Crippen LogP contribution >= 0.6 is 23.4 Å². The molecule has 130 valence electrons. The topological polar surface area (TPSA) is 78.9 Å². The maximum absolute atomic E-state index is 6.01. The molecule has 0 N–H and O–H groups in total. The Labute approximate surface area is 153 Å². The molecule has 9 heteroatoms. The van der Waals surface area contributed by atoms with Crippen LogP contribution in [0.15, 0.2) is 40.1 Å². The van der Waals surface area contributed by atoms with Crippen molar-refractivity contribution in [3.63, 3.8) is 0 Å². The zero-order valence-corrected chi connectivity index (χ0v) is 14.9. The van der Waals surface area contributed by atoms with Gasteiger partial charge in [0.2, 0.25) is 11.0 Å². The van der Waals surface area contributed by atoms with Crippen LogP contribution in [0.25, 0.3) is 11.5 Å². The van der Waals surface area contributed by atoms with Crippen LogP contribution in [0.5, 0.6) is 0 Å². The number of benzene rings is 1. The van der Waals surface area contributed by atoms with Crippen LogP contribution in [-0.2, 0) is 17.0 Å². The number of halogens is 1. The monoisotopic (exact) mass is 377 g/mol. The van der Waals surface area contributed by atoms with Gasteiger partial charge >= 0.3 is 0 Å². The van der Waals surface area contributed by atoms with E-state index < -0.39 is 0 Å². The van der Waals surface area contributed by atoms with Crippen molar-refractivity contribution in [3.05, 3.63) is 41.2 Å². The molecule has 0 radical (unpaired) electrons. The van der Waals surface area contributed by atoms with Crippen molar-refractivity contribution in [2.75, 3.05) is 6.61 Å². The highest BCUT2D eigenvalue weighted by Gasteiger charge is 2.19. The Hall–Kier alpha value is -1.90. The Kier molecular flexibility index (Phi) is 5.00. The third kappa shape index (κ3) is 4.02. The number of tetrazole rings is 1. The van der Waals surface area contributed by atoms with Crippen molar-refractivity contribution in [3.8, 4) is 11.5 Å². The van der Waals surface area contributed by atoms with Gasteiger partial charge in [-0.15, -0.1) is 5.10 Å². The highest BCUT2D eigenvalue weighted by atomic mass is 35.5. The van der Waals surface area contributed by atoms with Gasteiger partial charge in [-0.1, -0.05) is 29.4 Å². The fraction of sp³-hybridized carbons (Fsp3) is 0.375. The predicted octanol–water partition coefficient (Wildman–Crippen LogP) is 3.45. The van der Waals surface area contributed by atoms with E-state index in [9.17, 15) is 0 Å². The first kappa shape index (κ1) is 16.6. The van der Waals surface area contributed by atoms with Crippen LogP contribution in [0.4, 0.5) is 0 Å². The van der Waals surface area contributed by atoms with E-state index >= 15 is 0 Å². The molecule has 0 aliphatic carbocycles. The second kappa shape index (κ2) is 7.55. The van der Waals surface area contributed by atoms with Gasteiger partial charge in [0.15, 0.2) is 0 Å². The summed E-state index contributed by atoms with van der Waals surface area (Å²) in [4.78, 5) is 4.51. The van der Waals surface area contributed by atoms with E-state index in [4.69, 9.17) is 20.8 Å². The fourth-order valence-corrected chi connectivity index (χ4v) is 3.62. The third-order valence-electron chi connectivity index (χ3n) is 3.87. The molecule has 25 heavy (non-hydrogen) atoms. The molecule has 1 aliphatic rings. The summed E-state index contributed by atoms with van der Waals surface area (Å²) in [5, 5.41) is 13.3.